The van der Waals surface area contributed by atoms with Crippen molar-refractivity contribution in [3.8, 4) is 44.6 Å². The summed E-state index contributed by atoms with van der Waals surface area (Å²) in [5.74, 6) is 0. The van der Waals surface area contributed by atoms with E-state index in [9.17, 15) is 0 Å². The molecule has 0 atom stereocenters. The Balaban J connectivity index is 0.991. The Bertz CT molecular complexity index is 3490. The van der Waals surface area contributed by atoms with E-state index in [0.717, 1.165) is 71.9 Å². The number of rotatable bonds is 4. The Hall–Kier alpha value is -7.56. The van der Waals surface area contributed by atoms with Crippen LogP contribution in [0.3, 0.4) is 0 Å². The quantitative estimate of drug-likeness (QED) is 0.170. The third kappa shape index (κ3) is 4.66. The molecule has 0 amide bonds. The second-order valence-corrected chi connectivity index (χ2v) is 14.5. The van der Waals surface area contributed by atoms with Gasteiger partial charge in [-0.3, -0.25) is 0 Å². The molecule has 0 aliphatic heterocycles. The van der Waals surface area contributed by atoms with Gasteiger partial charge in [-0.1, -0.05) is 140 Å². The number of fused-ring (bicyclic) bond motifs is 12. The summed E-state index contributed by atoms with van der Waals surface area (Å²) in [6.07, 6.45) is 1.64. The molecule has 0 aliphatic carbocycles. The minimum atomic E-state index is 0.658. The maximum absolute atomic E-state index is 6.59. The van der Waals surface area contributed by atoms with Crippen molar-refractivity contribution in [2.45, 2.75) is 0 Å². The fourth-order valence-electron chi connectivity index (χ4n) is 8.72. The van der Waals surface area contributed by atoms with Gasteiger partial charge in [-0.25, -0.2) is 9.97 Å². The third-order valence-corrected chi connectivity index (χ3v) is 11.4. The van der Waals surface area contributed by atoms with Crippen LogP contribution in [0.15, 0.2) is 191 Å². The standard InChI is InChI=1S/C52H30N2O2/c1-2-9-31(10-3-1)32-17-19-33(20-18-32)34-22-26-47-45(29-34)51-52(56-47)50(53-30-54-51)42-15-8-16-48-49(42)44-28-36(23-25-46(44)55-48)35-21-24-41-39-13-5-4-11-37(39)38-12-6-7-14-40(38)43(41)27-35/h1-30H. The van der Waals surface area contributed by atoms with Crippen molar-refractivity contribution in [2.75, 3.05) is 0 Å². The smallest absolute Gasteiger partial charge is 0.180 e. The first kappa shape index (κ1) is 30.9. The fraction of sp³-hybridized carbons (Fsp3) is 0. The SMILES string of the molecule is c1ccc(-c2ccc(-c3ccc4oc5c(-c6cccc7oc8ccc(-c9ccc%10c%11ccccc%11c%11ccccc%11c%10c9)cc8c67)ncnc5c4c3)cc2)cc1. The van der Waals surface area contributed by atoms with Gasteiger partial charge in [0.2, 0.25) is 0 Å². The lowest BCUT2D eigenvalue weighted by Gasteiger charge is -2.12. The van der Waals surface area contributed by atoms with Crippen molar-refractivity contribution < 1.29 is 8.83 Å². The van der Waals surface area contributed by atoms with E-state index < -0.39 is 0 Å². The molecule has 3 heterocycles. The average Bonchev–Trinajstić information content (AvgIpc) is 3.85. The molecule has 4 nitrogen and oxygen atoms in total. The van der Waals surface area contributed by atoms with Gasteiger partial charge in [-0.05, 0) is 102 Å². The van der Waals surface area contributed by atoms with Crippen molar-refractivity contribution >= 4 is 76.3 Å². The van der Waals surface area contributed by atoms with E-state index in [1.165, 1.54) is 43.4 Å². The summed E-state index contributed by atoms with van der Waals surface area (Å²) in [4.78, 5) is 9.61. The van der Waals surface area contributed by atoms with Gasteiger partial charge in [0.05, 0.1) is 0 Å². The van der Waals surface area contributed by atoms with Gasteiger partial charge in [0.25, 0.3) is 0 Å². The highest BCUT2D eigenvalue weighted by molar-refractivity contribution is 6.26. The molecule has 0 N–H and O–H groups in total. The Morgan fingerprint density at radius 3 is 1.55 bits per heavy atom. The van der Waals surface area contributed by atoms with E-state index in [2.05, 4.69) is 152 Å². The molecule has 56 heavy (non-hydrogen) atoms. The third-order valence-electron chi connectivity index (χ3n) is 11.4. The molecule has 0 saturated carbocycles. The Labute approximate surface area is 320 Å². The molecule has 3 aromatic heterocycles. The summed E-state index contributed by atoms with van der Waals surface area (Å²) in [5.41, 5.74) is 12.4. The molecule has 12 aromatic rings. The van der Waals surface area contributed by atoms with Gasteiger partial charge in [0.1, 0.15) is 34.3 Å². The van der Waals surface area contributed by atoms with Crippen LogP contribution < -0.4 is 0 Å². The molecule has 260 valence electrons. The minimum Gasteiger partial charge on any atom is -0.456 e. The van der Waals surface area contributed by atoms with Gasteiger partial charge in [-0.2, -0.15) is 0 Å². The van der Waals surface area contributed by atoms with Crippen molar-refractivity contribution in [1.29, 1.82) is 0 Å². The molecule has 0 unspecified atom stereocenters. The topological polar surface area (TPSA) is 52.1 Å². The highest BCUT2D eigenvalue weighted by atomic mass is 16.3. The Morgan fingerprint density at radius 2 is 0.839 bits per heavy atom. The highest BCUT2D eigenvalue weighted by Crippen LogP contribution is 2.43. The van der Waals surface area contributed by atoms with E-state index in [4.69, 9.17) is 18.8 Å². The van der Waals surface area contributed by atoms with Crippen LogP contribution in [0.4, 0.5) is 0 Å². The number of hydrogen-bond donors (Lipinski definition) is 0. The summed E-state index contributed by atoms with van der Waals surface area (Å²) in [6, 6.07) is 62.4. The zero-order valence-electron chi connectivity index (χ0n) is 30.0. The molecular formula is C52H30N2O2. The molecule has 0 aliphatic rings. The van der Waals surface area contributed by atoms with E-state index in [1.54, 1.807) is 6.33 Å². The van der Waals surface area contributed by atoms with Gasteiger partial charge in [-0.15, -0.1) is 0 Å². The molecule has 9 aromatic carbocycles. The predicted molar refractivity (Wildman–Crippen MR) is 231 cm³/mol. The van der Waals surface area contributed by atoms with E-state index >= 15 is 0 Å². The first-order valence-corrected chi connectivity index (χ1v) is 18.9. The van der Waals surface area contributed by atoms with Crippen molar-refractivity contribution in [3.63, 3.8) is 0 Å². The van der Waals surface area contributed by atoms with Gasteiger partial charge in [0.15, 0.2) is 5.58 Å². The number of nitrogens with zero attached hydrogens (tertiary/aromatic N) is 2. The summed E-state index contributed by atoms with van der Waals surface area (Å²) >= 11 is 0. The number of furan rings is 2. The molecular weight excluding hydrogens is 685 g/mol. The summed E-state index contributed by atoms with van der Waals surface area (Å²) in [5, 5.41) is 10.6. The fourth-order valence-corrected chi connectivity index (χ4v) is 8.72. The molecule has 0 bridgehead atoms. The van der Waals surface area contributed by atoms with Crippen molar-refractivity contribution in [3.05, 3.63) is 182 Å². The molecule has 0 saturated heterocycles. The largest absolute Gasteiger partial charge is 0.456 e. The molecule has 0 spiro atoms. The maximum Gasteiger partial charge on any atom is 0.180 e. The zero-order chi connectivity index (χ0) is 36.7. The number of hydrogen-bond acceptors (Lipinski definition) is 4. The van der Waals surface area contributed by atoms with Crippen LogP contribution in [0, 0.1) is 0 Å². The van der Waals surface area contributed by atoms with Crippen molar-refractivity contribution in [2.24, 2.45) is 0 Å². The maximum atomic E-state index is 6.59. The van der Waals surface area contributed by atoms with Crippen LogP contribution in [-0.2, 0) is 0 Å². The normalized spacial score (nSPS) is 11.9. The first-order chi connectivity index (χ1) is 27.7. The lowest BCUT2D eigenvalue weighted by atomic mass is 9.92. The highest BCUT2D eigenvalue weighted by Gasteiger charge is 2.20. The molecule has 4 heteroatoms. The average molecular weight is 715 g/mol. The van der Waals surface area contributed by atoms with Crippen LogP contribution in [0.25, 0.3) is 121 Å². The summed E-state index contributed by atoms with van der Waals surface area (Å²) in [7, 11) is 0. The summed E-state index contributed by atoms with van der Waals surface area (Å²) in [6.45, 7) is 0. The number of aromatic nitrogens is 2. The molecule has 12 rings (SSSR count). The monoisotopic (exact) mass is 714 g/mol. The second-order valence-electron chi connectivity index (χ2n) is 14.5. The summed E-state index contributed by atoms with van der Waals surface area (Å²) < 4.78 is 13.1. The van der Waals surface area contributed by atoms with Gasteiger partial charge < -0.3 is 8.83 Å². The number of benzene rings is 9. The van der Waals surface area contributed by atoms with E-state index in [-0.39, 0.29) is 0 Å². The van der Waals surface area contributed by atoms with Crippen LogP contribution in [0.1, 0.15) is 0 Å². The lowest BCUT2D eigenvalue weighted by molar-refractivity contribution is 0.667. The van der Waals surface area contributed by atoms with Crippen LogP contribution in [-0.4, -0.2) is 9.97 Å². The zero-order valence-corrected chi connectivity index (χ0v) is 30.0. The van der Waals surface area contributed by atoms with E-state index in [1.807, 2.05) is 24.3 Å². The lowest BCUT2D eigenvalue weighted by Crippen LogP contribution is -1.88. The Kier molecular flexibility index (Phi) is 6.60. The van der Waals surface area contributed by atoms with Crippen LogP contribution in [0.2, 0.25) is 0 Å². The van der Waals surface area contributed by atoms with Crippen molar-refractivity contribution in [1.82, 2.24) is 9.97 Å². The first-order valence-electron chi connectivity index (χ1n) is 18.9. The molecule has 0 fully saturated rings. The van der Waals surface area contributed by atoms with Crippen LogP contribution in [0.5, 0.6) is 0 Å². The second kappa shape index (κ2) is 12.0. The van der Waals surface area contributed by atoms with E-state index in [0.29, 0.717) is 5.58 Å². The van der Waals surface area contributed by atoms with Gasteiger partial charge >= 0.3 is 0 Å². The predicted octanol–water partition coefficient (Wildman–Crippen LogP) is 14.4. The Morgan fingerprint density at radius 1 is 0.321 bits per heavy atom. The minimum absolute atomic E-state index is 0.658. The van der Waals surface area contributed by atoms with Crippen LogP contribution >= 0.6 is 0 Å². The molecule has 0 radical (unpaired) electrons. The van der Waals surface area contributed by atoms with Gasteiger partial charge in [0, 0.05) is 21.7 Å².